The third-order valence-corrected chi connectivity index (χ3v) is 2.61. The van der Waals surface area contributed by atoms with Gasteiger partial charge in [0.1, 0.15) is 0 Å². The fourth-order valence-corrected chi connectivity index (χ4v) is 1.52. The second-order valence-corrected chi connectivity index (χ2v) is 4.45. The van der Waals surface area contributed by atoms with Crippen molar-refractivity contribution in [1.82, 2.24) is 5.32 Å². The van der Waals surface area contributed by atoms with E-state index in [-0.39, 0.29) is 6.61 Å². The van der Waals surface area contributed by atoms with Gasteiger partial charge in [0.25, 0.3) is 0 Å². The number of hydrogen-bond donors (Lipinski definition) is 3. The Morgan fingerprint density at radius 3 is 1.83 bits per heavy atom. The summed E-state index contributed by atoms with van der Waals surface area (Å²) in [4.78, 5) is 10.2. The first-order valence-corrected chi connectivity index (χ1v) is 7.16. The largest absolute Gasteiger partial charge is 0.481 e. The molecule has 0 heterocycles. The van der Waals surface area contributed by atoms with Gasteiger partial charge in [-0.3, -0.25) is 4.79 Å². The second kappa shape index (κ2) is 18.7. The zero-order valence-corrected chi connectivity index (χ0v) is 12.1. The van der Waals surface area contributed by atoms with Crippen LogP contribution in [0.25, 0.3) is 0 Å². The van der Waals surface area contributed by atoms with E-state index in [1.165, 1.54) is 38.5 Å². The van der Waals surface area contributed by atoms with Crippen LogP contribution >= 0.6 is 0 Å². The predicted octanol–water partition coefficient (Wildman–Crippen LogP) is 2.80. The lowest BCUT2D eigenvalue weighted by atomic mass is 10.1. The van der Waals surface area contributed by atoms with Gasteiger partial charge in [-0.05, 0) is 13.5 Å². The smallest absolute Gasteiger partial charge is 0.303 e. The number of aliphatic carboxylic acids is 1. The van der Waals surface area contributed by atoms with Gasteiger partial charge in [0.15, 0.2) is 0 Å². The summed E-state index contributed by atoms with van der Waals surface area (Å²) in [5, 5.41) is 19.2. The van der Waals surface area contributed by atoms with Crippen molar-refractivity contribution in [1.29, 1.82) is 0 Å². The van der Waals surface area contributed by atoms with Crippen LogP contribution in [0, 0.1) is 0 Å². The fourth-order valence-electron chi connectivity index (χ4n) is 1.52. The quantitative estimate of drug-likeness (QED) is 0.500. The number of likely N-dealkylation sites (N-methyl/N-ethyl adjacent to an activating group) is 1. The lowest BCUT2D eigenvalue weighted by molar-refractivity contribution is -0.137. The first-order chi connectivity index (χ1) is 8.68. The van der Waals surface area contributed by atoms with Crippen LogP contribution < -0.4 is 5.32 Å². The minimum absolute atomic E-state index is 0.233. The highest BCUT2D eigenvalue weighted by molar-refractivity contribution is 5.66. The highest BCUT2D eigenvalue weighted by Crippen LogP contribution is 2.09. The molecule has 0 saturated carbocycles. The van der Waals surface area contributed by atoms with E-state index in [0.29, 0.717) is 13.0 Å². The topological polar surface area (TPSA) is 69.6 Å². The highest BCUT2D eigenvalue weighted by atomic mass is 16.4. The van der Waals surface area contributed by atoms with Crippen molar-refractivity contribution >= 4 is 5.97 Å². The molecule has 18 heavy (non-hydrogen) atoms. The summed E-state index contributed by atoms with van der Waals surface area (Å²) in [5.74, 6) is -0.661. The van der Waals surface area contributed by atoms with E-state index in [4.69, 9.17) is 10.2 Å². The van der Waals surface area contributed by atoms with E-state index in [0.717, 1.165) is 12.8 Å². The van der Waals surface area contributed by atoms with Crippen LogP contribution in [0.2, 0.25) is 0 Å². The van der Waals surface area contributed by atoms with E-state index in [2.05, 4.69) is 12.2 Å². The monoisotopic (exact) mass is 261 g/mol. The molecule has 0 aromatic rings. The maximum atomic E-state index is 10.2. The number of hydrogen-bond acceptors (Lipinski definition) is 3. The molecule has 0 bridgehead atoms. The van der Waals surface area contributed by atoms with Crippen molar-refractivity contribution in [2.75, 3.05) is 20.2 Å². The van der Waals surface area contributed by atoms with Crippen molar-refractivity contribution in [3.63, 3.8) is 0 Å². The van der Waals surface area contributed by atoms with E-state index in [9.17, 15) is 4.79 Å². The van der Waals surface area contributed by atoms with Gasteiger partial charge in [0.2, 0.25) is 0 Å². The average molecular weight is 261 g/mol. The third kappa shape index (κ3) is 24.6. The van der Waals surface area contributed by atoms with Crippen molar-refractivity contribution < 1.29 is 15.0 Å². The van der Waals surface area contributed by atoms with E-state index in [1.807, 2.05) is 0 Å². The van der Waals surface area contributed by atoms with Gasteiger partial charge in [-0.15, -0.1) is 0 Å². The molecule has 110 valence electrons. The Balaban J connectivity index is 0. The Kier molecular flexibility index (Phi) is 20.5. The number of carboxylic acids is 1. The molecule has 4 nitrogen and oxygen atoms in total. The van der Waals surface area contributed by atoms with Crippen LogP contribution in [-0.2, 0) is 4.79 Å². The molecule has 0 amide bonds. The Morgan fingerprint density at radius 2 is 1.50 bits per heavy atom. The van der Waals surface area contributed by atoms with Gasteiger partial charge in [0.05, 0.1) is 6.61 Å². The molecule has 4 heteroatoms. The number of rotatable bonds is 11. The van der Waals surface area contributed by atoms with Gasteiger partial charge in [-0.2, -0.15) is 0 Å². The summed E-state index contributed by atoms with van der Waals surface area (Å²) in [5.41, 5.74) is 0. The number of carbonyl (C=O) groups is 1. The zero-order chi connectivity index (χ0) is 14.1. The summed E-state index contributed by atoms with van der Waals surface area (Å²) >= 11 is 0. The third-order valence-electron chi connectivity index (χ3n) is 2.61. The summed E-state index contributed by atoms with van der Waals surface area (Å²) < 4.78 is 0. The number of unbranched alkanes of at least 4 members (excludes halogenated alkanes) is 7. The molecule has 0 rings (SSSR count). The summed E-state index contributed by atoms with van der Waals surface area (Å²) in [6, 6.07) is 0. The van der Waals surface area contributed by atoms with Crippen LogP contribution in [0.4, 0.5) is 0 Å². The molecule has 0 aliphatic rings. The Morgan fingerprint density at radius 1 is 1.00 bits per heavy atom. The maximum absolute atomic E-state index is 10.2. The Hall–Kier alpha value is -0.610. The van der Waals surface area contributed by atoms with Gasteiger partial charge in [0, 0.05) is 13.0 Å². The summed E-state index contributed by atoms with van der Waals surface area (Å²) in [6.07, 6.45) is 10.1. The molecule has 0 saturated heterocycles. The number of nitrogens with one attached hydrogen (secondary N) is 1. The Bertz CT molecular complexity index is 161. The predicted molar refractivity (Wildman–Crippen MR) is 75.9 cm³/mol. The van der Waals surface area contributed by atoms with E-state index in [1.54, 1.807) is 7.05 Å². The van der Waals surface area contributed by atoms with Crippen LogP contribution in [-0.4, -0.2) is 36.4 Å². The van der Waals surface area contributed by atoms with Crippen LogP contribution in [0.1, 0.15) is 64.7 Å². The second-order valence-electron chi connectivity index (χ2n) is 4.45. The highest BCUT2D eigenvalue weighted by Gasteiger charge is 1.95. The SMILES string of the molecule is CCCCCCCCCCC(=O)O.CNCCO. The summed E-state index contributed by atoms with van der Waals surface area (Å²) in [6.45, 7) is 3.14. The molecular weight excluding hydrogens is 230 g/mol. The molecule has 0 radical (unpaired) electrons. The molecule has 0 aromatic carbocycles. The first-order valence-electron chi connectivity index (χ1n) is 7.16. The van der Waals surface area contributed by atoms with Crippen LogP contribution in [0.3, 0.4) is 0 Å². The lowest BCUT2D eigenvalue weighted by Gasteiger charge is -1.99. The van der Waals surface area contributed by atoms with Gasteiger partial charge in [-0.25, -0.2) is 0 Å². The zero-order valence-electron chi connectivity index (χ0n) is 12.1. The van der Waals surface area contributed by atoms with Crippen LogP contribution in [0.5, 0.6) is 0 Å². The van der Waals surface area contributed by atoms with Crippen molar-refractivity contribution in [3.8, 4) is 0 Å². The van der Waals surface area contributed by atoms with E-state index >= 15 is 0 Å². The number of carboxylic acid groups (broad SMARTS) is 1. The molecule has 0 unspecified atom stereocenters. The van der Waals surface area contributed by atoms with Crippen molar-refractivity contribution in [2.24, 2.45) is 0 Å². The minimum Gasteiger partial charge on any atom is -0.481 e. The summed E-state index contributed by atoms with van der Waals surface area (Å²) in [7, 11) is 1.80. The van der Waals surface area contributed by atoms with Crippen molar-refractivity contribution in [2.45, 2.75) is 64.7 Å². The fraction of sp³-hybridized carbons (Fsp3) is 0.929. The molecule has 3 N–H and O–H groups in total. The molecule has 0 aliphatic carbocycles. The average Bonchev–Trinajstić information content (AvgIpc) is 2.34. The Labute approximate surface area is 112 Å². The van der Waals surface area contributed by atoms with Gasteiger partial charge >= 0.3 is 5.97 Å². The molecule has 0 aromatic heterocycles. The van der Waals surface area contributed by atoms with Gasteiger partial charge < -0.3 is 15.5 Å². The molecule has 0 spiro atoms. The molecule has 0 aliphatic heterocycles. The normalized spacial score (nSPS) is 9.72. The minimum atomic E-state index is -0.661. The first kappa shape index (κ1) is 19.7. The maximum Gasteiger partial charge on any atom is 0.303 e. The molecule has 0 fully saturated rings. The van der Waals surface area contributed by atoms with Crippen molar-refractivity contribution in [3.05, 3.63) is 0 Å². The van der Waals surface area contributed by atoms with Gasteiger partial charge in [-0.1, -0.05) is 51.9 Å². The van der Waals surface area contributed by atoms with Crippen LogP contribution in [0.15, 0.2) is 0 Å². The molecule has 0 atom stereocenters. The standard InChI is InChI=1S/C11H22O2.C3H9NO/c1-2-3-4-5-6-7-8-9-10-11(12)13;1-4-2-3-5/h2-10H2,1H3,(H,12,13);4-5H,2-3H2,1H3. The molecular formula is C14H31NO3. The number of aliphatic hydroxyl groups is 1. The number of aliphatic hydroxyl groups excluding tert-OH is 1. The lowest BCUT2D eigenvalue weighted by Crippen LogP contribution is -2.10. The van der Waals surface area contributed by atoms with E-state index < -0.39 is 5.97 Å².